The summed E-state index contributed by atoms with van der Waals surface area (Å²) >= 11 is 1.28. The molecule has 1 aliphatic heterocycles. The maximum atomic E-state index is 12.8. The molecule has 0 saturated carbocycles. The summed E-state index contributed by atoms with van der Waals surface area (Å²) in [7, 11) is 3.94. The van der Waals surface area contributed by atoms with Crippen molar-refractivity contribution in [3.05, 3.63) is 77.2 Å². The van der Waals surface area contributed by atoms with Crippen molar-refractivity contribution in [3.8, 4) is 0 Å². The van der Waals surface area contributed by atoms with Crippen molar-refractivity contribution in [3.63, 3.8) is 0 Å². The highest BCUT2D eigenvalue weighted by Gasteiger charge is 2.32. The van der Waals surface area contributed by atoms with Crippen LogP contribution in [0.25, 0.3) is 6.08 Å². The highest BCUT2D eigenvalue weighted by molar-refractivity contribution is 8.18. The highest BCUT2D eigenvalue weighted by Crippen LogP contribution is 2.34. The number of carboxylic acids is 1. The number of aliphatic imine (C=N–C) groups is 1. The molecule has 148 valence electrons. The van der Waals surface area contributed by atoms with Crippen LogP contribution in [0.5, 0.6) is 0 Å². The molecule has 2 aromatic rings. The van der Waals surface area contributed by atoms with E-state index in [4.69, 9.17) is 0 Å². The largest absolute Gasteiger partial charge is 0.545 e. The number of amidine groups is 1. The molecule has 0 radical (unpaired) electrons. The Morgan fingerprint density at radius 2 is 1.83 bits per heavy atom. The van der Waals surface area contributed by atoms with Crippen LogP contribution < -0.4 is 10.0 Å². The number of hydrogen-bond acceptors (Lipinski definition) is 6. The summed E-state index contributed by atoms with van der Waals surface area (Å²) in [6.45, 7) is 4.04. The SMILES string of the molecule is C=CCN1C(=O)/C(=C/c2ccc(N(C)C)cc2)SC1=Nc1ccc(C(=O)[O-])cc1. The Kier molecular flexibility index (Phi) is 6.19. The monoisotopic (exact) mass is 406 g/mol. The lowest BCUT2D eigenvalue weighted by Gasteiger charge is -2.12. The first-order valence-corrected chi connectivity index (χ1v) is 9.70. The Balaban J connectivity index is 1.89. The van der Waals surface area contributed by atoms with E-state index in [0.29, 0.717) is 22.3 Å². The number of nitrogens with zero attached hydrogens (tertiary/aromatic N) is 3. The van der Waals surface area contributed by atoms with E-state index in [1.165, 1.54) is 23.9 Å². The van der Waals surface area contributed by atoms with E-state index >= 15 is 0 Å². The average Bonchev–Trinajstić information content (AvgIpc) is 2.98. The van der Waals surface area contributed by atoms with Crippen LogP contribution in [0.4, 0.5) is 11.4 Å². The van der Waals surface area contributed by atoms with Crippen molar-refractivity contribution in [2.45, 2.75) is 0 Å². The number of hydrogen-bond donors (Lipinski definition) is 0. The highest BCUT2D eigenvalue weighted by atomic mass is 32.2. The van der Waals surface area contributed by atoms with Crippen LogP contribution in [-0.2, 0) is 4.79 Å². The molecule has 0 aromatic heterocycles. The van der Waals surface area contributed by atoms with E-state index in [1.807, 2.05) is 49.3 Å². The quantitative estimate of drug-likeness (QED) is 0.545. The van der Waals surface area contributed by atoms with Crippen molar-refractivity contribution >= 4 is 46.3 Å². The number of aromatic carboxylic acids is 1. The molecule has 1 amide bonds. The van der Waals surface area contributed by atoms with Crippen molar-refractivity contribution in [1.29, 1.82) is 0 Å². The number of thioether (sulfide) groups is 1. The van der Waals surface area contributed by atoms with Gasteiger partial charge in [-0.1, -0.05) is 30.3 Å². The third kappa shape index (κ3) is 4.75. The van der Waals surface area contributed by atoms with Crippen LogP contribution in [0.2, 0.25) is 0 Å². The van der Waals surface area contributed by atoms with Gasteiger partial charge in [0.1, 0.15) is 0 Å². The topological polar surface area (TPSA) is 76.0 Å². The lowest BCUT2D eigenvalue weighted by atomic mass is 10.2. The Labute approximate surface area is 173 Å². The normalized spacial score (nSPS) is 16.5. The molecule has 0 unspecified atom stereocenters. The molecule has 1 aliphatic rings. The van der Waals surface area contributed by atoms with Crippen LogP contribution in [0.15, 0.2) is 71.1 Å². The number of carbonyl (C=O) groups excluding carboxylic acids is 2. The molecule has 1 heterocycles. The van der Waals surface area contributed by atoms with E-state index in [1.54, 1.807) is 23.1 Å². The van der Waals surface area contributed by atoms with Crippen LogP contribution in [0.3, 0.4) is 0 Å². The second kappa shape index (κ2) is 8.79. The molecule has 0 N–H and O–H groups in total. The van der Waals surface area contributed by atoms with Crippen molar-refractivity contribution in [2.24, 2.45) is 4.99 Å². The maximum Gasteiger partial charge on any atom is 0.267 e. The van der Waals surface area contributed by atoms with Crippen LogP contribution in [-0.4, -0.2) is 42.6 Å². The smallest absolute Gasteiger partial charge is 0.267 e. The van der Waals surface area contributed by atoms with Gasteiger partial charge in [0.15, 0.2) is 5.17 Å². The fraction of sp³-hybridized carbons (Fsp3) is 0.136. The number of carbonyl (C=O) groups is 2. The number of anilines is 1. The van der Waals surface area contributed by atoms with Gasteiger partial charge in [-0.25, -0.2) is 4.99 Å². The second-order valence-electron chi connectivity index (χ2n) is 6.53. The molecule has 1 saturated heterocycles. The van der Waals surface area contributed by atoms with Crippen molar-refractivity contribution in [2.75, 3.05) is 25.5 Å². The third-order valence-electron chi connectivity index (χ3n) is 4.23. The zero-order valence-electron chi connectivity index (χ0n) is 16.2. The first kappa shape index (κ1) is 20.4. The molecule has 29 heavy (non-hydrogen) atoms. The van der Waals surface area contributed by atoms with Crippen LogP contribution in [0.1, 0.15) is 15.9 Å². The Morgan fingerprint density at radius 3 is 2.38 bits per heavy atom. The molecule has 0 spiro atoms. The minimum Gasteiger partial charge on any atom is -0.545 e. The number of benzene rings is 2. The summed E-state index contributed by atoms with van der Waals surface area (Å²) in [6, 6.07) is 13.9. The Bertz CT molecular complexity index is 993. The zero-order valence-corrected chi connectivity index (χ0v) is 17.0. The fourth-order valence-corrected chi connectivity index (χ4v) is 3.69. The average molecular weight is 406 g/mol. The van der Waals surface area contributed by atoms with Gasteiger partial charge in [0.2, 0.25) is 0 Å². The molecule has 7 heteroatoms. The van der Waals surface area contributed by atoms with Crippen LogP contribution in [0, 0.1) is 0 Å². The summed E-state index contributed by atoms with van der Waals surface area (Å²) in [5.41, 5.74) is 2.63. The molecular formula is C22H20N3O3S-. The fourth-order valence-electron chi connectivity index (χ4n) is 2.68. The molecule has 0 bridgehead atoms. The van der Waals surface area contributed by atoms with Gasteiger partial charge in [0, 0.05) is 26.3 Å². The van der Waals surface area contributed by atoms with E-state index < -0.39 is 5.97 Å². The third-order valence-corrected chi connectivity index (χ3v) is 5.24. The van der Waals surface area contributed by atoms with E-state index in [-0.39, 0.29) is 11.5 Å². The van der Waals surface area contributed by atoms with Crippen molar-refractivity contribution < 1.29 is 14.7 Å². The number of amides is 1. The van der Waals surface area contributed by atoms with E-state index in [0.717, 1.165) is 11.3 Å². The zero-order chi connectivity index (χ0) is 21.0. The first-order valence-electron chi connectivity index (χ1n) is 8.89. The van der Waals surface area contributed by atoms with Gasteiger partial charge in [-0.3, -0.25) is 9.69 Å². The summed E-state index contributed by atoms with van der Waals surface area (Å²) in [6.07, 6.45) is 3.48. The van der Waals surface area contributed by atoms with Gasteiger partial charge in [-0.2, -0.15) is 0 Å². The van der Waals surface area contributed by atoms with Crippen molar-refractivity contribution in [1.82, 2.24) is 4.90 Å². The molecular weight excluding hydrogens is 386 g/mol. The minimum absolute atomic E-state index is 0.0776. The standard InChI is InChI=1S/C22H21N3O3S/c1-4-13-25-20(26)19(14-15-5-11-18(12-6-15)24(2)3)29-22(25)23-17-9-7-16(8-10-17)21(27)28/h4-12,14H,1,13H2,2-3H3,(H,27,28)/p-1/b19-14-,23-22?. The maximum absolute atomic E-state index is 12.8. The van der Waals surface area contributed by atoms with E-state index in [9.17, 15) is 14.7 Å². The summed E-state index contributed by atoms with van der Waals surface area (Å²) < 4.78 is 0. The number of rotatable bonds is 6. The summed E-state index contributed by atoms with van der Waals surface area (Å²) in [5.74, 6) is -1.38. The Morgan fingerprint density at radius 1 is 1.17 bits per heavy atom. The van der Waals surface area contributed by atoms with Gasteiger partial charge < -0.3 is 14.8 Å². The van der Waals surface area contributed by atoms with Gasteiger partial charge in [0.25, 0.3) is 5.91 Å². The molecule has 3 rings (SSSR count). The molecule has 6 nitrogen and oxygen atoms in total. The molecule has 0 aliphatic carbocycles. The van der Waals surface area contributed by atoms with E-state index in [2.05, 4.69) is 11.6 Å². The molecule has 1 fully saturated rings. The predicted octanol–water partition coefficient (Wildman–Crippen LogP) is 2.91. The van der Waals surface area contributed by atoms with Gasteiger partial charge in [-0.15, -0.1) is 6.58 Å². The minimum atomic E-state index is -1.24. The number of carboxylic acid groups (broad SMARTS) is 1. The predicted molar refractivity (Wildman–Crippen MR) is 116 cm³/mol. The first-order chi connectivity index (χ1) is 13.9. The lowest BCUT2D eigenvalue weighted by molar-refractivity contribution is -0.255. The van der Waals surface area contributed by atoms with Gasteiger partial charge in [0.05, 0.1) is 16.6 Å². The summed E-state index contributed by atoms with van der Waals surface area (Å²) in [4.78, 5) is 32.4. The van der Waals surface area contributed by atoms with Gasteiger partial charge in [-0.05, 0) is 53.2 Å². The van der Waals surface area contributed by atoms with Crippen LogP contribution >= 0.6 is 11.8 Å². The molecule has 2 aromatic carbocycles. The Hall–Kier alpha value is -3.32. The molecule has 0 atom stereocenters. The summed E-state index contributed by atoms with van der Waals surface area (Å²) in [5, 5.41) is 11.4. The lowest BCUT2D eigenvalue weighted by Crippen LogP contribution is -2.29. The second-order valence-corrected chi connectivity index (χ2v) is 7.54. The van der Waals surface area contributed by atoms with Gasteiger partial charge >= 0.3 is 0 Å².